The van der Waals surface area contributed by atoms with Gasteiger partial charge in [-0.05, 0) is 12.8 Å². The van der Waals surface area contributed by atoms with Crippen LogP contribution in [-0.4, -0.2) is 24.2 Å². The zero-order chi connectivity index (χ0) is 10.7. The second-order valence-electron chi connectivity index (χ2n) is 2.47. The molecule has 0 radical (unpaired) electrons. The van der Waals surface area contributed by atoms with Gasteiger partial charge in [0, 0.05) is 12.8 Å². The quantitative estimate of drug-likeness (QED) is 0.687. The Hall–Kier alpha value is -1.06. The number of hydrogen-bond acceptors (Lipinski definition) is 3. The number of aliphatic carboxylic acids is 1. The summed E-state index contributed by atoms with van der Waals surface area (Å²) in [6, 6.07) is 0. The summed E-state index contributed by atoms with van der Waals surface area (Å²) in [6.07, 6.45) is 2.43. The number of carboxylic acid groups (broad SMARTS) is 1. The molecular weight excluding hydrogens is 172 g/mol. The van der Waals surface area contributed by atoms with Gasteiger partial charge in [-0.1, -0.05) is 13.8 Å². The molecular formula is C9H18O4. The van der Waals surface area contributed by atoms with Crippen LogP contribution in [-0.2, 0) is 14.3 Å². The van der Waals surface area contributed by atoms with Gasteiger partial charge in [0.2, 0.25) is 0 Å². The lowest BCUT2D eigenvalue weighted by Crippen LogP contribution is -1.97. The van der Waals surface area contributed by atoms with Crippen molar-refractivity contribution in [1.29, 1.82) is 0 Å². The van der Waals surface area contributed by atoms with Crippen LogP contribution in [0.2, 0.25) is 0 Å². The Morgan fingerprint density at radius 2 is 1.62 bits per heavy atom. The van der Waals surface area contributed by atoms with Crippen molar-refractivity contribution in [3.63, 3.8) is 0 Å². The first-order valence-corrected chi connectivity index (χ1v) is 4.37. The Morgan fingerprint density at radius 3 is 1.69 bits per heavy atom. The predicted octanol–water partition coefficient (Wildman–Crippen LogP) is 1.83. The first kappa shape index (κ1) is 14.5. The fraction of sp³-hybridized carbons (Fsp3) is 0.778. The standard InChI is InChI=1S/C5H10O2.C4H8O2/c1-3-4-5(6)7-2;1-2-3-4(5)6/h3-4H2,1-2H3;2-3H2,1H3,(H,5,6). The highest BCUT2D eigenvalue weighted by Gasteiger charge is 1.92. The number of esters is 1. The van der Waals surface area contributed by atoms with E-state index in [0.29, 0.717) is 12.8 Å². The van der Waals surface area contributed by atoms with Crippen molar-refractivity contribution in [2.45, 2.75) is 39.5 Å². The second-order valence-corrected chi connectivity index (χ2v) is 2.47. The molecule has 0 rings (SSSR count). The number of carbonyl (C=O) groups is 2. The first-order valence-electron chi connectivity index (χ1n) is 4.37. The zero-order valence-corrected chi connectivity index (χ0v) is 8.50. The Labute approximate surface area is 78.9 Å². The molecule has 78 valence electrons. The van der Waals surface area contributed by atoms with E-state index in [-0.39, 0.29) is 5.97 Å². The van der Waals surface area contributed by atoms with Crippen molar-refractivity contribution in [2.75, 3.05) is 7.11 Å². The molecule has 0 spiro atoms. The maximum atomic E-state index is 10.2. The highest BCUT2D eigenvalue weighted by Crippen LogP contribution is 1.86. The molecule has 0 aliphatic carbocycles. The molecule has 0 heterocycles. The molecule has 4 heteroatoms. The molecule has 0 aliphatic rings. The van der Waals surface area contributed by atoms with Crippen LogP contribution in [0.5, 0.6) is 0 Å². The van der Waals surface area contributed by atoms with Crippen molar-refractivity contribution in [3.8, 4) is 0 Å². The lowest BCUT2D eigenvalue weighted by atomic mass is 10.3. The lowest BCUT2D eigenvalue weighted by molar-refractivity contribution is -0.140. The van der Waals surface area contributed by atoms with Gasteiger partial charge in [0.05, 0.1) is 7.11 Å². The largest absolute Gasteiger partial charge is 0.481 e. The van der Waals surface area contributed by atoms with Gasteiger partial charge in [-0.15, -0.1) is 0 Å². The van der Waals surface area contributed by atoms with Crippen molar-refractivity contribution in [2.24, 2.45) is 0 Å². The van der Waals surface area contributed by atoms with Crippen molar-refractivity contribution in [3.05, 3.63) is 0 Å². The van der Waals surface area contributed by atoms with Crippen LogP contribution >= 0.6 is 0 Å². The van der Waals surface area contributed by atoms with Gasteiger partial charge >= 0.3 is 11.9 Å². The lowest BCUT2D eigenvalue weighted by Gasteiger charge is -1.91. The van der Waals surface area contributed by atoms with Gasteiger partial charge in [-0.2, -0.15) is 0 Å². The van der Waals surface area contributed by atoms with E-state index in [1.807, 2.05) is 13.8 Å². The van der Waals surface area contributed by atoms with E-state index >= 15 is 0 Å². The SMILES string of the molecule is CCCC(=O)O.CCCC(=O)OC. The fourth-order valence-electron chi connectivity index (χ4n) is 0.520. The van der Waals surface area contributed by atoms with Crippen LogP contribution in [0.25, 0.3) is 0 Å². The van der Waals surface area contributed by atoms with Gasteiger partial charge in [0.25, 0.3) is 0 Å². The minimum absolute atomic E-state index is 0.123. The highest BCUT2D eigenvalue weighted by atomic mass is 16.5. The van der Waals surface area contributed by atoms with E-state index in [2.05, 4.69) is 4.74 Å². The summed E-state index contributed by atoms with van der Waals surface area (Å²) >= 11 is 0. The molecule has 0 saturated heterocycles. The molecule has 13 heavy (non-hydrogen) atoms. The molecule has 0 aromatic carbocycles. The smallest absolute Gasteiger partial charge is 0.305 e. The molecule has 0 amide bonds. The molecule has 0 saturated carbocycles. The van der Waals surface area contributed by atoms with E-state index in [1.54, 1.807) is 0 Å². The third-order valence-corrected chi connectivity index (χ3v) is 1.15. The molecule has 1 N–H and O–H groups in total. The average Bonchev–Trinajstić information content (AvgIpc) is 2.05. The van der Waals surface area contributed by atoms with E-state index in [1.165, 1.54) is 7.11 Å². The zero-order valence-electron chi connectivity index (χ0n) is 8.50. The van der Waals surface area contributed by atoms with E-state index in [4.69, 9.17) is 5.11 Å². The van der Waals surface area contributed by atoms with E-state index < -0.39 is 5.97 Å². The topological polar surface area (TPSA) is 63.6 Å². The summed E-state index contributed by atoms with van der Waals surface area (Å²) in [5, 5.41) is 7.91. The van der Waals surface area contributed by atoms with Gasteiger partial charge in [-0.25, -0.2) is 0 Å². The number of methoxy groups -OCH3 is 1. The first-order chi connectivity index (χ1) is 6.08. The molecule has 0 bridgehead atoms. The predicted molar refractivity (Wildman–Crippen MR) is 49.5 cm³/mol. The van der Waals surface area contributed by atoms with E-state index in [9.17, 15) is 9.59 Å². The van der Waals surface area contributed by atoms with Crippen molar-refractivity contribution < 1.29 is 19.4 Å². The molecule has 0 aromatic heterocycles. The average molecular weight is 190 g/mol. The number of hydrogen-bond donors (Lipinski definition) is 1. The Morgan fingerprint density at radius 1 is 1.15 bits per heavy atom. The monoisotopic (exact) mass is 190 g/mol. The normalized spacial score (nSPS) is 8.23. The minimum atomic E-state index is -0.711. The molecule has 0 atom stereocenters. The third-order valence-electron chi connectivity index (χ3n) is 1.15. The van der Waals surface area contributed by atoms with Gasteiger partial charge < -0.3 is 9.84 Å². The number of carboxylic acids is 1. The summed E-state index contributed by atoms with van der Waals surface area (Å²) in [5.74, 6) is -0.833. The van der Waals surface area contributed by atoms with Crippen LogP contribution in [0.1, 0.15) is 39.5 Å². The summed E-state index contributed by atoms with van der Waals surface area (Å²) in [6.45, 7) is 3.78. The fourth-order valence-corrected chi connectivity index (χ4v) is 0.520. The van der Waals surface area contributed by atoms with Crippen molar-refractivity contribution >= 4 is 11.9 Å². The van der Waals surface area contributed by atoms with Crippen LogP contribution in [0.4, 0.5) is 0 Å². The summed E-state index contributed by atoms with van der Waals surface area (Å²) in [5.41, 5.74) is 0. The molecule has 4 nitrogen and oxygen atoms in total. The summed E-state index contributed by atoms with van der Waals surface area (Å²) < 4.78 is 4.35. The summed E-state index contributed by atoms with van der Waals surface area (Å²) in [4.78, 5) is 19.8. The Bertz CT molecular complexity index is 143. The summed E-state index contributed by atoms with van der Waals surface area (Å²) in [7, 11) is 1.40. The van der Waals surface area contributed by atoms with Crippen LogP contribution in [0, 0.1) is 0 Å². The Kier molecular flexibility index (Phi) is 12.2. The maximum absolute atomic E-state index is 10.2. The maximum Gasteiger partial charge on any atom is 0.305 e. The number of carbonyl (C=O) groups excluding carboxylic acids is 1. The second kappa shape index (κ2) is 10.9. The molecule has 0 unspecified atom stereocenters. The van der Waals surface area contributed by atoms with Crippen LogP contribution in [0.15, 0.2) is 0 Å². The van der Waals surface area contributed by atoms with Gasteiger partial charge in [0.15, 0.2) is 0 Å². The van der Waals surface area contributed by atoms with Crippen molar-refractivity contribution in [1.82, 2.24) is 0 Å². The van der Waals surface area contributed by atoms with Crippen LogP contribution in [0.3, 0.4) is 0 Å². The highest BCUT2D eigenvalue weighted by molar-refractivity contribution is 5.68. The third kappa shape index (κ3) is 18.2. The molecule has 0 aliphatic heterocycles. The Balaban J connectivity index is 0. The molecule has 0 fully saturated rings. The number of ether oxygens (including phenoxy) is 1. The number of rotatable bonds is 4. The van der Waals surface area contributed by atoms with Crippen LogP contribution < -0.4 is 0 Å². The minimum Gasteiger partial charge on any atom is -0.481 e. The molecule has 0 aromatic rings. The van der Waals surface area contributed by atoms with E-state index in [0.717, 1.165) is 12.8 Å². The van der Waals surface area contributed by atoms with Gasteiger partial charge in [0.1, 0.15) is 0 Å². The van der Waals surface area contributed by atoms with Gasteiger partial charge in [-0.3, -0.25) is 9.59 Å².